The van der Waals surface area contributed by atoms with E-state index in [1.165, 1.54) is 32.4 Å². The maximum atomic E-state index is 13.6. The second-order valence-electron chi connectivity index (χ2n) is 15.0. The molecule has 7 aliphatic rings. The molecule has 2 saturated heterocycles. The van der Waals surface area contributed by atoms with E-state index < -0.39 is 105 Å². The number of esters is 4. The van der Waals surface area contributed by atoms with E-state index in [0.29, 0.717) is 11.1 Å². The van der Waals surface area contributed by atoms with Gasteiger partial charge in [0, 0.05) is 55.6 Å². The quantitative estimate of drug-likeness (QED) is 0.343. The van der Waals surface area contributed by atoms with Crippen LogP contribution < -0.4 is 0 Å². The van der Waals surface area contributed by atoms with Gasteiger partial charge in [-0.2, -0.15) is 0 Å². The van der Waals surface area contributed by atoms with Crippen LogP contribution in [-0.4, -0.2) is 88.4 Å². The van der Waals surface area contributed by atoms with Crippen LogP contribution in [0.15, 0.2) is 34.7 Å². The van der Waals surface area contributed by atoms with E-state index in [-0.39, 0.29) is 12.8 Å². The lowest BCUT2D eigenvalue weighted by Crippen LogP contribution is -2.88. The van der Waals surface area contributed by atoms with E-state index in [9.17, 15) is 29.4 Å². The third kappa shape index (κ3) is 3.11. The van der Waals surface area contributed by atoms with Gasteiger partial charge in [-0.15, -0.1) is 0 Å². The van der Waals surface area contributed by atoms with Crippen molar-refractivity contribution in [2.75, 3.05) is 7.11 Å². The second-order valence-corrected chi connectivity index (χ2v) is 15.0. The van der Waals surface area contributed by atoms with E-state index >= 15 is 0 Å². The molecule has 0 radical (unpaired) electrons. The van der Waals surface area contributed by atoms with Crippen molar-refractivity contribution in [2.24, 2.45) is 28.1 Å². The van der Waals surface area contributed by atoms with Crippen molar-refractivity contribution >= 4 is 23.9 Å². The molecule has 14 atom stereocenters. The molecule has 47 heavy (non-hydrogen) atoms. The molecule has 14 heteroatoms. The Bertz CT molecular complexity index is 1650. The van der Waals surface area contributed by atoms with Crippen molar-refractivity contribution in [3.63, 3.8) is 0 Å². The molecule has 4 aliphatic carbocycles. The molecule has 4 saturated carbocycles. The van der Waals surface area contributed by atoms with Crippen LogP contribution in [0.4, 0.5) is 0 Å². The van der Waals surface area contributed by atoms with Gasteiger partial charge in [0.05, 0.1) is 36.6 Å². The largest absolute Gasteiger partial charge is 0.472 e. The number of fused-ring (bicyclic) bond motifs is 4. The smallest absolute Gasteiger partial charge is 0.335 e. The first-order chi connectivity index (χ1) is 21.9. The van der Waals surface area contributed by atoms with Crippen LogP contribution in [-0.2, 0) is 52.3 Å². The number of rotatable bonds is 5. The summed E-state index contributed by atoms with van der Waals surface area (Å²) in [5.41, 5.74) is -8.45. The Hall–Kier alpha value is -3.30. The minimum Gasteiger partial charge on any atom is -0.472 e. The average molecular weight is 659 g/mol. The number of hydrogen-bond donors (Lipinski definition) is 2. The van der Waals surface area contributed by atoms with Gasteiger partial charge in [0.1, 0.15) is 30.0 Å². The van der Waals surface area contributed by atoms with Gasteiger partial charge < -0.3 is 47.8 Å². The minimum absolute atomic E-state index is 0.0101. The van der Waals surface area contributed by atoms with Gasteiger partial charge in [0.25, 0.3) is 5.97 Å². The van der Waals surface area contributed by atoms with Gasteiger partial charge in [-0.05, 0) is 25.0 Å². The van der Waals surface area contributed by atoms with Gasteiger partial charge >= 0.3 is 23.9 Å². The maximum absolute atomic E-state index is 13.6. The topological polar surface area (TPSA) is 186 Å². The number of cyclic esters (lactones) is 1. The minimum atomic E-state index is -1.81. The summed E-state index contributed by atoms with van der Waals surface area (Å²) in [6, 6.07) is 1.65. The monoisotopic (exact) mass is 658 g/mol. The van der Waals surface area contributed by atoms with Gasteiger partial charge in [0.15, 0.2) is 11.7 Å². The van der Waals surface area contributed by atoms with E-state index in [1.54, 1.807) is 33.8 Å². The zero-order chi connectivity index (χ0) is 33.9. The van der Waals surface area contributed by atoms with Crippen LogP contribution in [0.1, 0.15) is 66.1 Å². The molecule has 0 aromatic carbocycles. The van der Waals surface area contributed by atoms with Gasteiger partial charge in [0.2, 0.25) is 0 Å². The molecule has 3 aliphatic heterocycles. The van der Waals surface area contributed by atoms with Crippen LogP contribution in [0.3, 0.4) is 0 Å². The first-order valence-corrected chi connectivity index (χ1v) is 15.8. The van der Waals surface area contributed by atoms with Crippen molar-refractivity contribution in [1.29, 1.82) is 0 Å². The Balaban J connectivity index is 1.46. The third-order valence-corrected chi connectivity index (χ3v) is 13.0. The molecule has 8 rings (SSSR count). The van der Waals surface area contributed by atoms with E-state index in [0.717, 1.165) is 7.11 Å². The van der Waals surface area contributed by atoms with Crippen LogP contribution in [0.5, 0.6) is 0 Å². The number of ether oxygens (including phenoxy) is 7. The SMILES string of the molecule is COC(=O)[C@@H](O)C1[C@]2(C)[C@]34C[C@@H](OC(C)=O)[C@@]5(C)C(=CC(=O)O[C@H]5c5ccoc5)[C@@]35O[C@](C)(O[C@@H]5C3[C@H](OC(C)=O)[C@]1(C)C[C@@]32O)O4. The molecular weight excluding hydrogens is 620 g/mol. The number of carbonyl (C=O) groups excluding carboxylic acids is 4. The highest BCUT2D eigenvalue weighted by molar-refractivity contribution is 5.86. The predicted molar refractivity (Wildman–Crippen MR) is 151 cm³/mol. The summed E-state index contributed by atoms with van der Waals surface area (Å²) in [5.74, 6) is -6.81. The molecule has 1 aromatic heterocycles. The van der Waals surface area contributed by atoms with Crippen molar-refractivity contribution in [2.45, 2.75) is 108 Å². The molecule has 1 spiro atoms. The Labute approximate surface area is 269 Å². The number of aliphatic hydroxyl groups is 2. The predicted octanol–water partition coefficient (Wildman–Crippen LogP) is 1.62. The average Bonchev–Trinajstić information content (AvgIpc) is 3.74. The summed E-state index contributed by atoms with van der Waals surface area (Å²) < 4.78 is 48.8. The molecule has 0 amide bonds. The van der Waals surface area contributed by atoms with Crippen LogP contribution in [0.25, 0.3) is 0 Å². The number of carbonyl (C=O) groups is 4. The lowest BCUT2D eigenvalue weighted by atomic mass is 9.35. The maximum Gasteiger partial charge on any atom is 0.335 e. The number of hydrogen-bond acceptors (Lipinski definition) is 14. The Morgan fingerprint density at radius 2 is 1.77 bits per heavy atom. The molecule has 2 N–H and O–H groups in total. The Morgan fingerprint density at radius 3 is 2.38 bits per heavy atom. The normalized spacial score (nSPS) is 51.8. The fraction of sp³-hybridized carbons (Fsp3) is 0.697. The van der Waals surface area contributed by atoms with Crippen LogP contribution in [0.2, 0.25) is 0 Å². The molecule has 14 nitrogen and oxygen atoms in total. The zero-order valence-electron chi connectivity index (χ0n) is 27.1. The molecule has 2 unspecified atom stereocenters. The summed E-state index contributed by atoms with van der Waals surface area (Å²) in [4.78, 5) is 52.3. The van der Waals surface area contributed by atoms with E-state index in [1.807, 2.05) is 0 Å². The summed E-state index contributed by atoms with van der Waals surface area (Å²) >= 11 is 0. The van der Waals surface area contributed by atoms with Crippen LogP contribution in [0, 0.1) is 28.1 Å². The molecular formula is C33H38O14. The lowest BCUT2D eigenvalue weighted by Gasteiger charge is -2.74. The second kappa shape index (κ2) is 8.83. The highest BCUT2D eigenvalue weighted by Gasteiger charge is 2.99. The Morgan fingerprint density at radius 1 is 1.06 bits per heavy atom. The fourth-order valence-electron chi connectivity index (χ4n) is 11.8. The highest BCUT2D eigenvalue weighted by Crippen LogP contribution is 2.87. The summed E-state index contributed by atoms with van der Waals surface area (Å²) in [6.07, 6.45) is -1.98. The Kier molecular flexibility index (Phi) is 5.82. The number of furan rings is 1. The van der Waals surface area contributed by atoms with Crippen molar-refractivity contribution < 1.29 is 67.0 Å². The molecule has 1 aromatic rings. The van der Waals surface area contributed by atoms with E-state index in [4.69, 9.17) is 37.6 Å². The van der Waals surface area contributed by atoms with Crippen molar-refractivity contribution in [3.8, 4) is 0 Å². The van der Waals surface area contributed by atoms with E-state index in [2.05, 4.69) is 0 Å². The lowest BCUT2D eigenvalue weighted by molar-refractivity contribution is -0.419. The molecule has 6 fully saturated rings. The first kappa shape index (κ1) is 31.0. The van der Waals surface area contributed by atoms with Gasteiger partial charge in [-0.25, -0.2) is 9.59 Å². The first-order valence-electron chi connectivity index (χ1n) is 15.8. The fourth-order valence-corrected chi connectivity index (χ4v) is 11.8. The van der Waals surface area contributed by atoms with Gasteiger partial charge in [-0.3, -0.25) is 9.59 Å². The highest BCUT2D eigenvalue weighted by atomic mass is 16.9. The van der Waals surface area contributed by atoms with Crippen LogP contribution >= 0.6 is 0 Å². The number of methoxy groups -OCH3 is 1. The van der Waals surface area contributed by atoms with Gasteiger partial charge in [-0.1, -0.05) is 13.8 Å². The standard InChI is InChI=1S/C33H38O14/c1-14(34)42-18-11-32-29(5)22(21(37)26(38)40-7)27(3)13-31(29,39)20(24(27)43-15(2)35)25-33(32,47-30(6,45-25)46-32)17-10-19(36)44-23(28(17,18)4)16-8-9-41-12-16/h8-10,12,18,20-25,37,39H,11,13H2,1-7H3/t18-,20?,21+,22?,23+,24+,25-,27-,28-,29+,30-,31-,32-,33+/m1/s1. The molecule has 4 bridgehead atoms. The summed E-state index contributed by atoms with van der Waals surface area (Å²) in [7, 11) is 1.14. The van der Waals surface area contributed by atoms with Crippen molar-refractivity contribution in [1.82, 2.24) is 0 Å². The third-order valence-electron chi connectivity index (χ3n) is 13.0. The number of aliphatic hydroxyl groups excluding tert-OH is 1. The molecule has 254 valence electrons. The van der Waals surface area contributed by atoms with Crippen molar-refractivity contribution in [3.05, 3.63) is 35.8 Å². The summed E-state index contributed by atoms with van der Waals surface area (Å²) in [6.45, 7) is 9.35. The zero-order valence-corrected chi connectivity index (χ0v) is 27.1. The summed E-state index contributed by atoms with van der Waals surface area (Å²) in [5, 5.41) is 25.0. The molecule has 4 heterocycles.